The Morgan fingerprint density at radius 2 is 1.92 bits per heavy atom. The van der Waals surface area contributed by atoms with Crippen LogP contribution in [0.15, 0.2) is 24.3 Å². The van der Waals surface area contributed by atoms with Gasteiger partial charge < -0.3 is 20.0 Å². The number of nitrogens with one attached hydrogen (secondary N) is 1. The predicted molar refractivity (Wildman–Crippen MR) is 102 cm³/mol. The quantitative estimate of drug-likeness (QED) is 0.915. The first kappa shape index (κ1) is 16.7. The molecule has 1 aromatic carbocycles. The van der Waals surface area contributed by atoms with E-state index in [4.69, 9.17) is 0 Å². The highest BCUT2D eigenvalue weighted by atomic mass is 16.2. The average Bonchev–Trinajstić information content (AvgIpc) is 3.10. The molecule has 2 unspecified atom stereocenters. The molecule has 136 valence electrons. The first-order valence-electron chi connectivity index (χ1n) is 9.80. The van der Waals surface area contributed by atoms with Gasteiger partial charge in [-0.3, -0.25) is 4.79 Å². The van der Waals surface area contributed by atoms with Crippen LogP contribution in [0, 0.1) is 0 Å². The molecule has 5 nitrogen and oxygen atoms in total. The molecular weight excluding hydrogens is 312 g/mol. The zero-order chi connectivity index (χ0) is 17.2. The van der Waals surface area contributed by atoms with Crippen molar-refractivity contribution in [3.8, 4) is 0 Å². The van der Waals surface area contributed by atoms with Crippen LogP contribution < -0.4 is 10.2 Å². The molecule has 2 atom stereocenters. The molecule has 0 saturated carbocycles. The predicted octanol–water partition coefficient (Wildman–Crippen LogP) is 2.39. The van der Waals surface area contributed by atoms with Crippen molar-refractivity contribution < 1.29 is 4.79 Å². The number of nitrogens with zero attached hydrogens (tertiary/aromatic N) is 3. The third-order valence-corrected chi connectivity index (χ3v) is 6.13. The van der Waals surface area contributed by atoms with Crippen molar-refractivity contribution in [2.75, 3.05) is 49.5 Å². The molecule has 0 spiro atoms. The molecule has 4 rings (SSSR count). The maximum Gasteiger partial charge on any atom is 0.219 e. The highest BCUT2D eigenvalue weighted by molar-refractivity contribution is 5.73. The summed E-state index contributed by atoms with van der Waals surface area (Å²) in [5.41, 5.74) is 2.51. The molecule has 3 heterocycles. The monoisotopic (exact) mass is 342 g/mol. The van der Waals surface area contributed by atoms with Crippen LogP contribution in [0.25, 0.3) is 0 Å². The minimum absolute atomic E-state index is 0.188. The number of hydrogen-bond donors (Lipinski definition) is 1. The Bertz CT molecular complexity index is 611. The van der Waals surface area contributed by atoms with E-state index < -0.39 is 0 Å². The van der Waals surface area contributed by atoms with Crippen molar-refractivity contribution in [3.05, 3.63) is 24.3 Å². The van der Waals surface area contributed by atoms with Crippen LogP contribution >= 0.6 is 0 Å². The molecule has 0 aliphatic carbocycles. The summed E-state index contributed by atoms with van der Waals surface area (Å²) in [4.78, 5) is 18.5. The third-order valence-electron chi connectivity index (χ3n) is 6.13. The van der Waals surface area contributed by atoms with Crippen LogP contribution in [0.2, 0.25) is 0 Å². The van der Waals surface area contributed by atoms with Gasteiger partial charge >= 0.3 is 0 Å². The van der Waals surface area contributed by atoms with Gasteiger partial charge in [0.1, 0.15) is 0 Å². The van der Waals surface area contributed by atoms with E-state index in [1.165, 1.54) is 50.1 Å². The number of rotatable bonds is 3. The molecule has 3 aliphatic rings. The lowest BCUT2D eigenvalue weighted by molar-refractivity contribution is -0.129. The van der Waals surface area contributed by atoms with E-state index in [0.717, 1.165) is 32.2 Å². The second kappa shape index (κ2) is 7.24. The largest absolute Gasteiger partial charge is 0.382 e. The Hall–Kier alpha value is -1.75. The van der Waals surface area contributed by atoms with Gasteiger partial charge in [0.25, 0.3) is 0 Å². The van der Waals surface area contributed by atoms with Crippen molar-refractivity contribution in [1.29, 1.82) is 0 Å². The van der Waals surface area contributed by atoms with E-state index in [1.807, 2.05) is 4.90 Å². The van der Waals surface area contributed by atoms with Gasteiger partial charge in [0.05, 0.1) is 0 Å². The molecular formula is C20H30N4O. The topological polar surface area (TPSA) is 38.8 Å². The molecule has 25 heavy (non-hydrogen) atoms. The number of anilines is 2. The SMILES string of the molecule is CC(=O)N1CCN(c2cccc(NC3CCN4CCCC4C3)c2)CC1. The first-order chi connectivity index (χ1) is 12.2. The van der Waals surface area contributed by atoms with E-state index in [1.54, 1.807) is 6.92 Å². The summed E-state index contributed by atoms with van der Waals surface area (Å²) in [6.07, 6.45) is 5.28. The summed E-state index contributed by atoms with van der Waals surface area (Å²) in [5, 5.41) is 3.78. The lowest BCUT2D eigenvalue weighted by Gasteiger charge is -2.37. The number of carbonyl (C=O) groups excluding carboxylic acids is 1. The fraction of sp³-hybridized carbons (Fsp3) is 0.650. The van der Waals surface area contributed by atoms with Crippen LogP contribution in [-0.2, 0) is 4.79 Å². The molecule has 0 bridgehead atoms. The number of fused-ring (bicyclic) bond motifs is 1. The number of piperazine rings is 1. The number of benzene rings is 1. The molecule has 5 heteroatoms. The van der Waals surface area contributed by atoms with Crippen molar-refractivity contribution in [2.24, 2.45) is 0 Å². The average molecular weight is 342 g/mol. The first-order valence-corrected chi connectivity index (χ1v) is 9.80. The van der Waals surface area contributed by atoms with E-state index in [0.29, 0.717) is 6.04 Å². The standard InChI is InChI=1S/C20H30N4O/c1-16(25)22-10-12-24(13-11-22)19-5-2-4-17(14-19)21-18-7-9-23-8-3-6-20(23)15-18/h2,4-5,14,18,20-21H,3,6-13,15H2,1H3. The van der Waals surface area contributed by atoms with E-state index in [2.05, 4.69) is 39.4 Å². The summed E-state index contributed by atoms with van der Waals surface area (Å²) in [6, 6.07) is 10.2. The molecule has 1 aromatic rings. The van der Waals surface area contributed by atoms with Crippen LogP contribution in [0.4, 0.5) is 11.4 Å². The molecule has 3 fully saturated rings. The summed E-state index contributed by atoms with van der Waals surface area (Å²) in [7, 11) is 0. The number of piperidine rings is 1. The van der Waals surface area contributed by atoms with Gasteiger partial charge in [0.2, 0.25) is 5.91 Å². The van der Waals surface area contributed by atoms with Crippen molar-refractivity contribution in [3.63, 3.8) is 0 Å². The van der Waals surface area contributed by atoms with Crippen molar-refractivity contribution >= 4 is 17.3 Å². The number of hydrogen-bond acceptors (Lipinski definition) is 4. The Kier molecular flexibility index (Phi) is 4.84. The summed E-state index contributed by atoms with van der Waals surface area (Å²) in [5.74, 6) is 0.188. The number of carbonyl (C=O) groups is 1. The van der Waals surface area contributed by atoms with Gasteiger partial charge in [-0.05, 0) is 50.4 Å². The molecule has 3 aliphatic heterocycles. The molecule has 0 radical (unpaired) electrons. The maximum absolute atomic E-state index is 11.5. The molecule has 3 saturated heterocycles. The van der Waals surface area contributed by atoms with Gasteiger partial charge in [-0.15, -0.1) is 0 Å². The number of amides is 1. The Balaban J connectivity index is 1.36. The lowest BCUT2D eigenvalue weighted by atomic mass is 9.97. The fourth-order valence-electron chi connectivity index (χ4n) is 4.66. The highest BCUT2D eigenvalue weighted by Crippen LogP contribution is 2.29. The van der Waals surface area contributed by atoms with Gasteiger partial charge in [0, 0.05) is 63.1 Å². The lowest BCUT2D eigenvalue weighted by Crippen LogP contribution is -2.48. The minimum Gasteiger partial charge on any atom is -0.382 e. The Morgan fingerprint density at radius 3 is 2.72 bits per heavy atom. The Morgan fingerprint density at radius 1 is 1.08 bits per heavy atom. The van der Waals surface area contributed by atoms with Crippen LogP contribution in [0.3, 0.4) is 0 Å². The van der Waals surface area contributed by atoms with Crippen molar-refractivity contribution in [2.45, 2.75) is 44.7 Å². The molecule has 1 amide bonds. The van der Waals surface area contributed by atoms with Gasteiger partial charge in [-0.2, -0.15) is 0 Å². The van der Waals surface area contributed by atoms with Crippen molar-refractivity contribution in [1.82, 2.24) is 9.80 Å². The van der Waals surface area contributed by atoms with E-state index in [9.17, 15) is 4.79 Å². The molecule has 1 N–H and O–H groups in total. The minimum atomic E-state index is 0.188. The van der Waals surface area contributed by atoms with Gasteiger partial charge in [-0.1, -0.05) is 6.07 Å². The van der Waals surface area contributed by atoms with E-state index >= 15 is 0 Å². The van der Waals surface area contributed by atoms with Gasteiger partial charge in [-0.25, -0.2) is 0 Å². The van der Waals surface area contributed by atoms with Crippen LogP contribution in [-0.4, -0.2) is 67.1 Å². The second-order valence-corrected chi connectivity index (χ2v) is 7.74. The third kappa shape index (κ3) is 3.76. The zero-order valence-corrected chi connectivity index (χ0v) is 15.3. The Labute approximate surface area is 151 Å². The van der Waals surface area contributed by atoms with E-state index in [-0.39, 0.29) is 5.91 Å². The van der Waals surface area contributed by atoms with Crippen LogP contribution in [0.1, 0.15) is 32.6 Å². The highest BCUT2D eigenvalue weighted by Gasteiger charge is 2.31. The zero-order valence-electron chi connectivity index (χ0n) is 15.3. The fourth-order valence-corrected chi connectivity index (χ4v) is 4.66. The maximum atomic E-state index is 11.5. The van der Waals surface area contributed by atoms with Gasteiger partial charge in [0.15, 0.2) is 0 Å². The summed E-state index contributed by atoms with van der Waals surface area (Å²) < 4.78 is 0. The molecule has 0 aromatic heterocycles. The summed E-state index contributed by atoms with van der Waals surface area (Å²) >= 11 is 0. The smallest absolute Gasteiger partial charge is 0.219 e. The van der Waals surface area contributed by atoms with Crippen LogP contribution in [0.5, 0.6) is 0 Å². The second-order valence-electron chi connectivity index (χ2n) is 7.74. The normalized spacial score (nSPS) is 27.2. The summed E-state index contributed by atoms with van der Waals surface area (Å²) in [6.45, 7) is 7.71.